The zero-order valence-electron chi connectivity index (χ0n) is 13.7. The number of hydrogen-bond donors (Lipinski definition) is 0. The summed E-state index contributed by atoms with van der Waals surface area (Å²) in [7, 11) is 2.98. The van der Waals surface area contributed by atoms with E-state index in [0.29, 0.717) is 37.9 Å². The number of carbonyl (C=O) groups excluding carboxylic acids is 1. The van der Waals surface area contributed by atoms with Gasteiger partial charge in [-0.15, -0.1) is 0 Å². The number of ether oxygens (including phenoxy) is 2. The Morgan fingerprint density at radius 3 is 2.25 bits per heavy atom. The zero-order valence-corrected chi connectivity index (χ0v) is 13.7. The summed E-state index contributed by atoms with van der Waals surface area (Å²) < 4.78 is 10.2. The molecule has 0 bridgehead atoms. The molecule has 1 aliphatic heterocycles. The van der Waals surface area contributed by atoms with Gasteiger partial charge in [0, 0.05) is 32.4 Å². The molecule has 126 valence electrons. The number of carbonyl (C=O) groups is 1. The fraction of sp³-hybridized carbons (Fsp3) is 0.375. The summed E-state index contributed by atoms with van der Waals surface area (Å²) in [4.78, 5) is 29.1. The van der Waals surface area contributed by atoms with Crippen LogP contribution in [0.1, 0.15) is 10.6 Å². The molecule has 3 rings (SSSR count). The van der Waals surface area contributed by atoms with E-state index >= 15 is 0 Å². The molecule has 0 radical (unpaired) electrons. The van der Waals surface area contributed by atoms with Crippen molar-refractivity contribution < 1.29 is 14.3 Å². The van der Waals surface area contributed by atoms with Crippen molar-refractivity contribution in [2.24, 2.45) is 0 Å². The van der Waals surface area contributed by atoms with Crippen molar-refractivity contribution >= 4 is 11.7 Å². The number of amides is 1. The first-order chi connectivity index (χ1) is 11.7. The normalized spacial score (nSPS) is 14.4. The molecular formula is C16H19N5O3. The second-order valence-corrected chi connectivity index (χ2v) is 5.24. The van der Waals surface area contributed by atoms with Gasteiger partial charge >= 0.3 is 0 Å². The first-order valence-corrected chi connectivity index (χ1v) is 7.63. The smallest absolute Gasteiger partial charge is 0.292 e. The first-order valence-electron chi connectivity index (χ1n) is 7.63. The molecule has 1 aliphatic rings. The quantitative estimate of drug-likeness (QED) is 0.822. The van der Waals surface area contributed by atoms with Crippen LogP contribution in [0.25, 0.3) is 0 Å². The largest absolute Gasteiger partial charge is 0.481 e. The predicted molar refractivity (Wildman–Crippen MR) is 87.5 cm³/mol. The zero-order chi connectivity index (χ0) is 16.9. The van der Waals surface area contributed by atoms with E-state index in [1.165, 1.54) is 20.3 Å². The molecule has 8 heteroatoms. The van der Waals surface area contributed by atoms with Crippen LogP contribution in [0, 0.1) is 0 Å². The summed E-state index contributed by atoms with van der Waals surface area (Å²) in [5.41, 5.74) is 0. The summed E-state index contributed by atoms with van der Waals surface area (Å²) in [5.74, 6) is 1.38. The third-order valence-corrected chi connectivity index (χ3v) is 3.83. The highest BCUT2D eigenvalue weighted by Gasteiger charge is 2.25. The van der Waals surface area contributed by atoms with Crippen LogP contribution in [-0.4, -0.2) is 66.2 Å². The van der Waals surface area contributed by atoms with Gasteiger partial charge in [-0.3, -0.25) is 4.79 Å². The van der Waals surface area contributed by atoms with Gasteiger partial charge < -0.3 is 19.3 Å². The van der Waals surface area contributed by atoms with Gasteiger partial charge in [0.2, 0.25) is 17.6 Å². The van der Waals surface area contributed by atoms with Crippen molar-refractivity contribution in [2.75, 3.05) is 45.3 Å². The Bertz CT molecular complexity index is 680. The van der Waals surface area contributed by atoms with E-state index in [2.05, 4.69) is 19.9 Å². The summed E-state index contributed by atoms with van der Waals surface area (Å²) in [6.45, 7) is 2.59. The Morgan fingerprint density at radius 1 is 1.04 bits per heavy atom. The van der Waals surface area contributed by atoms with Gasteiger partial charge in [-0.25, -0.2) is 4.98 Å². The number of rotatable bonds is 4. The molecule has 24 heavy (non-hydrogen) atoms. The first kappa shape index (κ1) is 16.0. The van der Waals surface area contributed by atoms with Crippen molar-refractivity contribution in [1.82, 2.24) is 19.9 Å². The maximum atomic E-state index is 12.6. The molecule has 1 saturated heterocycles. The highest BCUT2D eigenvalue weighted by Crippen LogP contribution is 2.17. The number of piperazine rings is 1. The van der Waals surface area contributed by atoms with Crippen LogP contribution >= 0.6 is 0 Å². The monoisotopic (exact) mass is 329 g/mol. The highest BCUT2D eigenvalue weighted by molar-refractivity contribution is 5.91. The molecule has 0 aromatic carbocycles. The Labute approximate surface area is 140 Å². The van der Waals surface area contributed by atoms with E-state index < -0.39 is 0 Å². The minimum absolute atomic E-state index is 0.0810. The summed E-state index contributed by atoms with van der Waals surface area (Å²) in [5, 5.41) is 0. The Hall–Kier alpha value is -2.90. The minimum atomic E-state index is -0.229. The lowest BCUT2D eigenvalue weighted by Crippen LogP contribution is -2.49. The maximum absolute atomic E-state index is 12.6. The fourth-order valence-electron chi connectivity index (χ4n) is 2.53. The average molecular weight is 329 g/mol. The SMILES string of the molecule is COc1cc(OC)nc(C(=O)N2CCN(c3ccccn3)CC2)n1. The second kappa shape index (κ2) is 7.12. The molecule has 0 saturated carbocycles. The van der Waals surface area contributed by atoms with E-state index in [-0.39, 0.29) is 11.7 Å². The number of anilines is 1. The van der Waals surface area contributed by atoms with Crippen LogP contribution in [0.4, 0.5) is 5.82 Å². The van der Waals surface area contributed by atoms with Crippen molar-refractivity contribution in [3.63, 3.8) is 0 Å². The highest BCUT2D eigenvalue weighted by atomic mass is 16.5. The third kappa shape index (κ3) is 3.37. The van der Waals surface area contributed by atoms with Gasteiger partial charge in [0.05, 0.1) is 20.3 Å². The van der Waals surface area contributed by atoms with Crippen LogP contribution in [0.5, 0.6) is 11.8 Å². The summed E-state index contributed by atoms with van der Waals surface area (Å²) in [6, 6.07) is 7.34. The van der Waals surface area contributed by atoms with E-state index in [4.69, 9.17) is 9.47 Å². The minimum Gasteiger partial charge on any atom is -0.481 e. The molecule has 2 aromatic heterocycles. The average Bonchev–Trinajstić information content (AvgIpc) is 2.67. The standard InChI is InChI=1S/C16H19N5O3/c1-23-13-11-14(24-2)19-15(18-13)16(22)21-9-7-20(8-10-21)12-5-3-4-6-17-12/h3-6,11H,7-10H2,1-2H3. The van der Waals surface area contributed by atoms with Crippen LogP contribution in [0.15, 0.2) is 30.5 Å². The van der Waals surface area contributed by atoms with Gasteiger partial charge in [0.1, 0.15) is 5.82 Å². The van der Waals surface area contributed by atoms with Gasteiger partial charge in [-0.2, -0.15) is 9.97 Å². The van der Waals surface area contributed by atoms with Crippen molar-refractivity contribution in [2.45, 2.75) is 0 Å². The van der Waals surface area contributed by atoms with Crippen LogP contribution in [0.2, 0.25) is 0 Å². The van der Waals surface area contributed by atoms with Crippen molar-refractivity contribution in [1.29, 1.82) is 0 Å². The molecule has 1 amide bonds. The van der Waals surface area contributed by atoms with E-state index in [1.807, 2.05) is 18.2 Å². The van der Waals surface area contributed by atoms with Gasteiger partial charge in [0.15, 0.2) is 0 Å². The maximum Gasteiger partial charge on any atom is 0.292 e. The van der Waals surface area contributed by atoms with Gasteiger partial charge in [-0.1, -0.05) is 6.07 Å². The Balaban J connectivity index is 1.69. The van der Waals surface area contributed by atoms with E-state index in [9.17, 15) is 4.79 Å². The Morgan fingerprint density at radius 2 is 1.71 bits per heavy atom. The molecule has 1 fully saturated rings. The molecule has 0 N–H and O–H groups in total. The lowest BCUT2D eigenvalue weighted by Gasteiger charge is -2.35. The topological polar surface area (TPSA) is 80.7 Å². The predicted octanol–water partition coefficient (Wildman–Crippen LogP) is 0.851. The van der Waals surface area contributed by atoms with E-state index in [1.54, 1.807) is 11.1 Å². The molecule has 8 nitrogen and oxygen atoms in total. The number of nitrogens with zero attached hydrogens (tertiary/aromatic N) is 5. The van der Waals surface area contributed by atoms with E-state index in [0.717, 1.165) is 5.82 Å². The molecular weight excluding hydrogens is 310 g/mol. The lowest BCUT2D eigenvalue weighted by molar-refractivity contribution is 0.0732. The number of methoxy groups -OCH3 is 2. The molecule has 2 aromatic rings. The van der Waals surface area contributed by atoms with Crippen molar-refractivity contribution in [3.05, 3.63) is 36.3 Å². The molecule has 0 unspecified atom stereocenters. The van der Waals surface area contributed by atoms with Crippen molar-refractivity contribution in [3.8, 4) is 11.8 Å². The molecule has 3 heterocycles. The molecule has 0 aliphatic carbocycles. The fourth-order valence-corrected chi connectivity index (χ4v) is 2.53. The lowest BCUT2D eigenvalue weighted by atomic mass is 10.3. The summed E-state index contributed by atoms with van der Waals surface area (Å²) >= 11 is 0. The second-order valence-electron chi connectivity index (χ2n) is 5.24. The number of pyridine rings is 1. The molecule has 0 atom stereocenters. The van der Waals surface area contributed by atoms with Gasteiger partial charge in [0.25, 0.3) is 5.91 Å². The number of aromatic nitrogens is 3. The van der Waals surface area contributed by atoms with Crippen LogP contribution < -0.4 is 14.4 Å². The van der Waals surface area contributed by atoms with Crippen LogP contribution in [0.3, 0.4) is 0 Å². The number of hydrogen-bond acceptors (Lipinski definition) is 7. The molecule has 0 spiro atoms. The Kier molecular flexibility index (Phi) is 4.74. The van der Waals surface area contributed by atoms with Crippen LogP contribution in [-0.2, 0) is 0 Å². The third-order valence-electron chi connectivity index (χ3n) is 3.83. The van der Waals surface area contributed by atoms with Gasteiger partial charge in [-0.05, 0) is 12.1 Å². The summed E-state index contributed by atoms with van der Waals surface area (Å²) in [6.07, 6.45) is 1.77.